The normalized spacial score (nSPS) is 12.6. The molecule has 0 amide bonds. The Balaban J connectivity index is 0.0000125. The van der Waals surface area contributed by atoms with Gasteiger partial charge >= 0.3 is 19.8 Å². The largest absolute Gasteiger partial charge is 0.505 e. The van der Waals surface area contributed by atoms with Crippen LogP contribution in [0.25, 0.3) is 5.57 Å². The van der Waals surface area contributed by atoms with E-state index >= 15 is 0 Å². The quantitative estimate of drug-likeness (QED) is 0.0337. The third kappa shape index (κ3) is 16.2. The molecule has 1 unspecified atom stereocenters. The fourth-order valence-electron chi connectivity index (χ4n) is 4.88. The van der Waals surface area contributed by atoms with E-state index in [-0.39, 0.29) is 52.5 Å². The number of hydrogen-bond acceptors (Lipinski definition) is 8. The maximum absolute atomic E-state index is 12.4. The molecule has 0 saturated heterocycles. The number of halogens is 2. The lowest BCUT2D eigenvalue weighted by Crippen LogP contribution is -2.02. The van der Waals surface area contributed by atoms with Crippen molar-refractivity contribution < 1.29 is 48.5 Å². The first kappa shape index (κ1) is 44.9. The minimum Gasteiger partial charge on any atom is -0.505 e. The van der Waals surface area contributed by atoms with Crippen molar-refractivity contribution in [3.63, 3.8) is 0 Å². The van der Waals surface area contributed by atoms with Crippen LogP contribution >= 0.6 is 31.0 Å². The van der Waals surface area contributed by atoms with Crippen LogP contribution < -0.4 is 6.15 Å². The molecule has 0 bridgehead atoms. The van der Waals surface area contributed by atoms with Gasteiger partial charge in [0.05, 0.1) is 23.3 Å². The Morgan fingerprint density at radius 1 is 0.680 bits per heavy atom. The molecule has 1 atom stereocenters. The predicted octanol–water partition coefficient (Wildman–Crippen LogP) is 10.7. The van der Waals surface area contributed by atoms with Crippen molar-refractivity contribution in [1.29, 1.82) is 0 Å². The number of phosphoric ester groups is 1. The Morgan fingerprint density at radius 3 is 1.60 bits per heavy atom. The molecule has 50 heavy (non-hydrogen) atoms. The number of rotatable bonds is 24. The van der Waals surface area contributed by atoms with Gasteiger partial charge in [0.15, 0.2) is 0 Å². The number of carbonyl (C=O) groups is 2. The van der Waals surface area contributed by atoms with Gasteiger partial charge in [-0.05, 0) is 98.8 Å². The topological polar surface area (TPSA) is 206 Å². The molecular formula is C36H50Cl2NO10P. The first-order valence-electron chi connectivity index (χ1n) is 16.5. The SMILES string of the molecule is CCCCC/C=C\CCC/C=C\CCCCCCOP(=O)(O)OCCC=C(c1cc(Cl)c(O)c(C(=O)O)c1)c1cc(Cl)c(O)c(C(=O)O)c1.N. The molecular weight excluding hydrogens is 708 g/mol. The smallest absolute Gasteiger partial charge is 0.472 e. The van der Waals surface area contributed by atoms with E-state index < -0.39 is 42.4 Å². The van der Waals surface area contributed by atoms with E-state index in [2.05, 4.69) is 31.2 Å². The van der Waals surface area contributed by atoms with Crippen molar-refractivity contribution in [2.45, 2.75) is 90.4 Å². The second-order valence-electron chi connectivity index (χ2n) is 11.4. The van der Waals surface area contributed by atoms with Crippen molar-refractivity contribution >= 4 is 48.5 Å². The zero-order valence-electron chi connectivity index (χ0n) is 28.5. The Labute approximate surface area is 304 Å². The second kappa shape index (κ2) is 24.1. The van der Waals surface area contributed by atoms with Gasteiger partial charge < -0.3 is 31.5 Å². The van der Waals surface area contributed by atoms with Crippen LogP contribution in [0.3, 0.4) is 0 Å². The molecule has 14 heteroatoms. The number of phosphoric acid groups is 1. The van der Waals surface area contributed by atoms with Crippen molar-refractivity contribution in [1.82, 2.24) is 6.15 Å². The van der Waals surface area contributed by atoms with Crippen molar-refractivity contribution in [3.8, 4) is 11.5 Å². The highest BCUT2D eigenvalue weighted by molar-refractivity contribution is 7.47. The number of benzene rings is 2. The van der Waals surface area contributed by atoms with E-state index in [9.17, 15) is 39.5 Å². The minimum atomic E-state index is -4.37. The Hall–Kier alpha value is -3.15. The number of hydrogen-bond donors (Lipinski definition) is 6. The number of phenols is 2. The zero-order valence-corrected chi connectivity index (χ0v) is 30.9. The number of carboxylic acids is 2. The summed E-state index contributed by atoms with van der Waals surface area (Å²) in [6.45, 7) is 1.97. The van der Waals surface area contributed by atoms with Crippen LogP contribution in [0.15, 0.2) is 54.6 Å². The number of aromatic carboxylic acids is 2. The van der Waals surface area contributed by atoms with Gasteiger partial charge in [-0.1, -0.05) is 86.2 Å². The molecule has 2 rings (SSSR count). The molecule has 0 radical (unpaired) electrons. The van der Waals surface area contributed by atoms with E-state index in [1.807, 2.05) is 0 Å². The Morgan fingerprint density at radius 2 is 1.12 bits per heavy atom. The zero-order chi connectivity index (χ0) is 36.2. The highest BCUT2D eigenvalue weighted by Gasteiger charge is 2.22. The van der Waals surface area contributed by atoms with Crippen molar-refractivity contribution in [3.05, 3.63) is 86.9 Å². The van der Waals surface area contributed by atoms with E-state index in [0.717, 1.165) is 57.1 Å². The van der Waals surface area contributed by atoms with Crippen LogP contribution in [0.5, 0.6) is 11.5 Å². The predicted molar refractivity (Wildman–Crippen MR) is 198 cm³/mol. The van der Waals surface area contributed by atoms with Crippen LogP contribution in [0.2, 0.25) is 10.0 Å². The minimum absolute atomic E-state index is 0. The van der Waals surface area contributed by atoms with E-state index in [1.54, 1.807) is 0 Å². The van der Waals surface area contributed by atoms with E-state index in [1.165, 1.54) is 43.9 Å². The maximum Gasteiger partial charge on any atom is 0.472 e. The summed E-state index contributed by atoms with van der Waals surface area (Å²) in [5, 5.41) is 38.7. The monoisotopic (exact) mass is 757 g/mol. The van der Waals surface area contributed by atoms with Gasteiger partial charge in [0.1, 0.15) is 22.6 Å². The van der Waals surface area contributed by atoms with Crippen molar-refractivity contribution in [2.75, 3.05) is 13.2 Å². The summed E-state index contributed by atoms with van der Waals surface area (Å²) in [6.07, 6.45) is 23.2. The fourth-order valence-corrected chi connectivity index (χ4v) is 6.09. The number of carboxylic acid groups (broad SMARTS) is 2. The van der Waals surface area contributed by atoms with Crippen molar-refractivity contribution in [2.24, 2.45) is 0 Å². The molecule has 0 aromatic heterocycles. The standard InChI is InChI=1S/C36H47Cl2O10P.H3N/c1-2-3-4-5-6-7-8-9-10-11-12-13-14-15-16-17-20-47-49(45,46)48-21-18-19-28(26-22-29(35(41)42)33(39)31(37)24-26)27-23-30(36(43)44)34(40)32(38)25-27;/h6-7,11-12,19,22-25,39-40H,2-5,8-10,13-18,20-21H2,1H3,(H,41,42)(H,43,44)(H,45,46);1H3/b7-6-,12-11-;. The van der Waals surface area contributed by atoms with Gasteiger partial charge in [-0.15, -0.1) is 0 Å². The van der Waals surface area contributed by atoms with Crippen LogP contribution in [-0.2, 0) is 13.6 Å². The highest BCUT2D eigenvalue weighted by atomic mass is 35.5. The van der Waals surface area contributed by atoms with Gasteiger partial charge in [-0.2, -0.15) is 0 Å². The fraction of sp³-hybridized carbons (Fsp3) is 0.444. The van der Waals surface area contributed by atoms with Gasteiger partial charge in [-0.25, -0.2) is 14.2 Å². The lowest BCUT2D eigenvalue weighted by Gasteiger charge is -2.15. The summed E-state index contributed by atoms with van der Waals surface area (Å²) < 4.78 is 22.6. The van der Waals surface area contributed by atoms with E-state index in [0.29, 0.717) is 6.42 Å². The maximum atomic E-state index is 12.4. The summed E-state index contributed by atoms with van der Waals surface area (Å²) in [7, 11) is -4.37. The molecule has 2 aromatic rings. The average Bonchev–Trinajstić information content (AvgIpc) is 3.04. The molecule has 2 aromatic carbocycles. The number of aromatic hydroxyl groups is 2. The summed E-state index contributed by atoms with van der Waals surface area (Å²) in [5.74, 6) is -4.24. The molecule has 278 valence electrons. The van der Waals surface area contributed by atoms with Crippen LogP contribution in [0.1, 0.15) is 122 Å². The second-order valence-corrected chi connectivity index (χ2v) is 13.7. The molecule has 0 saturated carbocycles. The lowest BCUT2D eigenvalue weighted by atomic mass is 9.93. The molecule has 0 heterocycles. The lowest BCUT2D eigenvalue weighted by molar-refractivity contribution is 0.0682. The molecule has 0 aliphatic rings. The molecule has 0 aliphatic heterocycles. The molecule has 0 fully saturated rings. The van der Waals surface area contributed by atoms with Gasteiger partial charge in [0.25, 0.3) is 0 Å². The summed E-state index contributed by atoms with van der Waals surface area (Å²) in [5.41, 5.74) is -0.475. The third-order valence-electron chi connectivity index (χ3n) is 7.50. The van der Waals surface area contributed by atoms with Crippen LogP contribution in [0.4, 0.5) is 0 Å². The highest BCUT2D eigenvalue weighted by Crippen LogP contribution is 2.44. The summed E-state index contributed by atoms with van der Waals surface area (Å²) >= 11 is 12.2. The molecule has 0 aliphatic carbocycles. The molecule has 11 nitrogen and oxygen atoms in total. The first-order chi connectivity index (χ1) is 23.4. The van der Waals surface area contributed by atoms with Gasteiger partial charge in [0, 0.05) is 0 Å². The summed E-state index contributed by atoms with van der Waals surface area (Å²) in [4.78, 5) is 33.5. The number of unbranched alkanes of at least 4 members (excludes halogenated alkanes) is 9. The summed E-state index contributed by atoms with van der Waals surface area (Å²) in [6, 6.07) is 4.79. The van der Waals surface area contributed by atoms with Crippen LogP contribution in [-0.4, -0.2) is 50.5 Å². The molecule has 0 spiro atoms. The third-order valence-corrected chi connectivity index (χ3v) is 9.09. The average molecular weight is 759 g/mol. The Bertz CT molecular complexity index is 1460. The van der Waals surface area contributed by atoms with E-state index in [4.69, 9.17) is 32.2 Å². The number of allylic oxidation sites excluding steroid dienone is 4. The van der Waals surface area contributed by atoms with Crippen LogP contribution in [0, 0.1) is 0 Å². The van der Waals surface area contributed by atoms with Gasteiger partial charge in [0.2, 0.25) is 0 Å². The Kier molecular flexibility index (Phi) is 21.6. The first-order valence-corrected chi connectivity index (χ1v) is 18.8. The molecule has 8 N–H and O–H groups in total. The van der Waals surface area contributed by atoms with Gasteiger partial charge in [-0.3, -0.25) is 9.05 Å².